The average Bonchev–Trinajstić information content (AvgIpc) is 2.76. The molecule has 5 nitrogen and oxygen atoms in total. The molecule has 106 valence electrons. The molecule has 1 N–H and O–H groups in total. The van der Waals surface area contributed by atoms with Crippen LogP contribution in [0.4, 0.5) is 0 Å². The van der Waals surface area contributed by atoms with E-state index in [-0.39, 0.29) is 13.2 Å². The molecular weight excluding hydrogens is 300 g/mol. The molecule has 0 saturated carbocycles. The van der Waals surface area contributed by atoms with Crippen LogP contribution in [0.2, 0.25) is 5.15 Å². The molecule has 1 aliphatic carbocycles. The summed E-state index contributed by atoms with van der Waals surface area (Å²) in [6.07, 6.45) is 4.50. The van der Waals surface area contributed by atoms with Crippen LogP contribution in [-0.4, -0.2) is 27.7 Å². The van der Waals surface area contributed by atoms with Crippen molar-refractivity contribution in [2.45, 2.75) is 32.3 Å². The zero-order valence-electron chi connectivity index (χ0n) is 10.7. The van der Waals surface area contributed by atoms with Gasteiger partial charge in [0.15, 0.2) is 5.82 Å². The number of nitrogens with zero attached hydrogens (tertiary/aromatic N) is 2. The Bertz CT molecular complexity index is 671. The topological polar surface area (TPSA) is 72.3 Å². The minimum atomic E-state index is -1.01. The molecule has 1 aliphatic rings. The fraction of sp³-hybridized carbons (Fsp3) is 0.462. The highest BCUT2D eigenvalue weighted by Crippen LogP contribution is 2.38. The van der Waals surface area contributed by atoms with Crippen LogP contribution in [0.25, 0.3) is 10.2 Å². The van der Waals surface area contributed by atoms with Gasteiger partial charge in [-0.25, -0.2) is 14.8 Å². The van der Waals surface area contributed by atoms with Crippen LogP contribution in [-0.2, 0) is 29.0 Å². The van der Waals surface area contributed by atoms with E-state index >= 15 is 0 Å². The van der Waals surface area contributed by atoms with Crippen LogP contribution in [0.1, 0.15) is 29.1 Å². The number of hydrogen-bond donors (Lipinski definition) is 1. The molecule has 0 bridgehead atoms. The number of rotatable bonds is 4. The predicted octanol–water partition coefficient (Wildman–Crippen LogP) is 2.82. The van der Waals surface area contributed by atoms with Gasteiger partial charge in [0.1, 0.15) is 23.2 Å². The number of carboxylic acid groups (broad SMARTS) is 1. The van der Waals surface area contributed by atoms with Crippen molar-refractivity contribution in [2.75, 3.05) is 6.61 Å². The maximum atomic E-state index is 10.4. The van der Waals surface area contributed by atoms with E-state index in [4.69, 9.17) is 21.4 Å². The third-order valence-electron chi connectivity index (χ3n) is 3.27. The molecule has 20 heavy (non-hydrogen) atoms. The number of fused-ring (bicyclic) bond motifs is 3. The van der Waals surface area contributed by atoms with E-state index in [0.29, 0.717) is 11.0 Å². The monoisotopic (exact) mass is 312 g/mol. The first-order valence-electron chi connectivity index (χ1n) is 6.41. The number of carboxylic acids is 1. The van der Waals surface area contributed by atoms with Gasteiger partial charge in [0, 0.05) is 4.88 Å². The highest BCUT2D eigenvalue weighted by Gasteiger charge is 2.20. The molecule has 0 fully saturated rings. The summed E-state index contributed by atoms with van der Waals surface area (Å²) in [5, 5.41) is 9.95. The summed E-state index contributed by atoms with van der Waals surface area (Å²) in [6, 6.07) is 0. The first-order valence-corrected chi connectivity index (χ1v) is 7.61. The molecule has 2 aromatic heterocycles. The zero-order valence-corrected chi connectivity index (χ0v) is 12.3. The Hall–Kier alpha value is -1.24. The third-order valence-corrected chi connectivity index (χ3v) is 4.73. The molecular formula is C13H13ClN2O3S. The number of ether oxygens (including phenoxy) is 1. The number of carbonyl (C=O) groups is 1. The van der Waals surface area contributed by atoms with E-state index in [1.54, 1.807) is 11.3 Å². The molecule has 0 aliphatic heterocycles. The maximum absolute atomic E-state index is 10.4. The van der Waals surface area contributed by atoms with Gasteiger partial charge in [-0.1, -0.05) is 11.6 Å². The van der Waals surface area contributed by atoms with E-state index in [0.717, 1.165) is 23.1 Å². The number of hydrogen-bond acceptors (Lipinski definition) is 5. The second-order valence-electron chi connectivity index (χ2n) is 4.71. The lowest BCUT2D eigenvalue weighted by Crippen LogP contribution is -2.08. The van der Waals surface area contributed by atoms with E-state index < -0.39 is 5.97 Å². The molecule has 0 aromatic carbocycles. The van der Waals surface area contributed by atoms with Gasteiger partial charge >= 0.3 is 5.97 Å². The number of aromatic nitrogens is 2. The van der Waals surface area contributed by atoms with Gasteiger partial charge < -0.3 is 9.84 Å². The van der Waals surface area contributed by atoms with Crippen molar-refractivity contribution in [1.29, 1.82) is 0 Å². The number of thiophene rings is 1. The van der Waals surface area contributed by atoms with Gasteiger partial charge in [-0.2, -0.15) is 0 Å². The Kier molecular flexibility index (Phi) is 3.87. The summed E-state index contributed by atoms with van der Waals surface area (Å²) < 4.78 is 5.01. The Morgan fingerprint density at radius 3 is 2.95 bits per heavy atom. The Labute approximate surface area is 124 Å². The van der Waals surface area contributed by atoms with Crippen molar-refractivity contribution >= 4 is 39.1 Å². The van der Waals surface area contributed by atoms with Gasteiger partial charge in [-0.05, 0) is 31.2 Å². The van der Waals surface area contributed by atoms with Crippen LogP contribution in [0.5, 0.6) is 0 Å². The summed E-state index contributed by atoms with van der Waals surface area (Å²) in [4.78, 5) is 21.3. The highest BCUT2D eigenvalue weighted by atomic mass is 35.5. The zero-order chi connectivity index (χ0) is 14.1. The van der Waals surface area contributed by atoms with E-state index in [1.165, 1.54) is 23.3 Å². The van der Waals surface area contributed by atoms with Crippen LogP contribution in [0.15, 0.2) is 0 Å². The average molecular weight is 313 g/mol. The molecule has 3 rings (SSSR count). The smallest absolute Gasteiger partial charge is 0.329 e. The third kappa shape index (κ3) is 2.63. The van der Waals surface area contributed by atoms with Crippen LogP contribution in [0.3, 0.4) is 0 Å². The van der Waals surface area contributed by atoms with E-state index in [1.807, 2.05) is 0 Å². The molecule has 0 amide bonds. The number of aryl methyl sites for hydroxylation is 2. The van der Waals surface area contributed by atoms with Crippen LogP contribution < -0.4 is 0 Å². The quantitative estimate of drug-likeness (QED) is 0.879. The number of aliphatic carboxylic acids is 1. The number of halogens is 1. The second-order valence-corrected chi connectivity index (χ2v) is 6.15. The Balaban J connectivity index is 1.91. The fourth-order valence-corrected chi connectivity index (χ4v) is 4.09. The van der Waals surface area contributed by atoms with E-state index in [2.05, 4.69) is 9.97 Å². The molecule has 0 unspecified atom stereocenters. The van der Waals surface area contributed by atoms with Crippen molar-refractivity contribution in [1.82, 2.24) is 9.97 Å². The van der Waals surface area contributed by atoms with Gasteiger partial charge in [0.25, 0.3) is 0 Å². The van der Waals surface area contributed by atoms with Crippen molar-refractivity contribution in [2.24, 2.45) is 0 Å². The Morgan fingerprint density at radius 1 is 1.35 bits per heavy atom. The molecule has 2 heterocycles. The van der Waals surface area contributed by atoms with E-state index in [9.17, 15) is 4.79 Å². The van der Waals surface area contributed by atoms with Gasteiger partial charge in [0.2, 0.25) is 0 Å². The SMILES string of the molecule is O=C(O)COCc1nc(Cl)c2c3c(sc2n1)CCCC3. The molecule has 0 saturated heterocycles. The van der Waals surface area contributed by atoms with Crippen molar-refractivity contribution in [3.8, 4) is 0 Å². The lowest BCUT2D eigenvalue weighted by molar-refractivity contribution is -0.142. The van der Waals surface area contributed by atoms with Crippen molar-refractivity contribution < 1.29 is 14.6 Å². The minimum Gasteiger partial charge on any atom is -0.480 e. The van der Waals surface area contributed by atoms with Crippen molar-refractivity contribution in [3.63, 3.8) is 0 Å². The van der Waals surface area contributed by atoms with Gasteiger partial charge in [0.05, 0.1) is 5.39 Å². The predicted molar refractivity (Wildman–Crippen MR) is 76.4 cm³/mol. The molecule has 0 spiro atoms. The lowest BCUT2D eigenvalue weighted by Gasteiger charge is -2.10. The fourth-order valence-electron chi connectivity index (χ4n) is 2.45. The lowest BCUT2D eigenvalue weighted by atomic mass is 9.97. The normalized spacial score (nSPS) is 14.4. The first-order chi connectivity index (χ1) is 9.65. The first kappa shape index (κ1) is 13.7. The second kappa shape index (κ2) is 5.63. The maximum Gasteiger partial charge on any atom is 0.329 e. The molecule has 0 atom stereocenters. The Morgan fingerprint density at radius 2 is 2.15 bits per heavy atom. The van der Waals surface area contributed by atoms with Crippen LogP contribution in [0, 0.1) is 0 Å². The summed E-state index contributed by atoms with van der Waals surface area (Å²) in [7, 11) is 0. The molecule has 2 aromatic rings. The van der Waals surface area contributed by atoms with Gasteiger partial charge in [-0.15, -0.1) is 11.3 Å². The minimum absolute atomic E-state index is 0.0600. The highest BCUT2D eigenvalue weighted by molar-refractivity contribution is 7.19. The van der Waals surface area contributed by atoms with Gasteiger partial charge in [-0.3, -0.25) is 0 Å². The molecule has 7 heteroatoms. The largest absolute Gasteiger partial charge is 0.480 e. The summed E-state index contributed by atoms with van der Waals surface area (Å²) in [5.74, 6) is -0.578. The summed E-state index contributed by atoms with van der Waals surface area (Å²) in [5.41, 5.74) is 1.29. The standard InChI is InChI=1S/C13H13ClN2O3S/c14-12-11-7-3-1-2-4-8(7)20-13(11)16-9(15-12)5-19-6-10(17)18/h1-6H2,(H,17,18). The van der Waals surface area contributed by atoms with Crippen LogP contribution >= 0.6 is 22.9 Å². The summed E-state index contributed by atoms with van der Waals surface area (Å²) >= 11 is 7.93. The summed E-state index contributed by atoms with van der Waals surface area (Å²) in [6.45, 7) is -0.301. The van der Waals surface area contributed by atoms with Crippen molar-refractivity contribution in [3.05, 3.63) is 21.4 Å². The molecule has 0 radical (unpaired) electrons.